The molecule has 6 nitrogen and oxygen atoms in total. The van der Waals surface area contributed by atoms with E-state index < -0.39 is 14.8 Å². The zero-order chi connectivity index (χ0) is 20.7. The highest BCUT2D eigenvalue weighted by atomic mass is 32.2. The first-order valence-electron chi connectivity index (χ1n) is 10.2. The predicted octanol–water partition coefficient (Wildman–Crippen LogP) is 3.51. The summed E-state index contributed by atoms with van der Waals surface area (Å²) in [7, 11) is -3.37. The second kappa shape index (κ2) is 7.67. The van der Waals surface area contributed by atoms with Crippen molar-refractivity contribution >= 4 is 21.7 Å². The Hall–Kier alpha value is -1.60. The topological polar surface area (TPSA) is 78.5 Å². The minimum Gasteiger partial charge on any atom is -0.324 e. The van der Waals surface area contributed by atoms with Crippen LogP contribution in [0.5, 0.6) is 0 Å². The zero-order valence-corrected chi connectivity index (χ0v) is 18.5. The van der Waals surface area contributed by atoms with Gasteiger partial charge in [0.25, 0.3) is 0 Å². The van der Waals surface area contributed by atoms with Gasteiger partial charge in [0.05, 0.1) is 4.75 Å². The van der Waals surface area contributed by atoms with Gasteiger partial charge in [-0.05, 0) is 95.0 Å². The molecule has 0 bridgehead atoms. The van der Waals surface area contributed by atoms with E-state index in [0.717, 1.165) is 18.5 Å². The van der Waals surface area contributed by atoms with Crippen molar-refractivity contribution in [3.63, 3.8) is 0 Å². The van der Waals surface area contributed by atoms with Crippen molar-refractivity contribution in [2.45, 2.75) is 77.5 Å². The molecule has 1 heterocycles. The summed E-state index contributed by atoms with van der Waals surface area (Å²) in [6.45, 7) is 10.4. The number of nitrogens with one attached hydrogen (secondary N) is 2. The summed E-state index contributed by atoms with van der Waals surface area (Å²) in [6.07, 6.45) is 4.67. The monoisotopic (exact) mass is 407 g/mol. The Balaban J connectivity index is 1.60. The lowest BCUT2D eigenvalue weighted by Crippen LogP contribution is -2.50. The highest BCUT2D eigenvalue weighted by Crippen LogP contribution is 2.33. The van der Waals surface area contributed by atoms with Crippen LogP contribution in [0, 0.1) is 13.8 Å². The van der Waals surface area contributed by atoms with Gasteiger partial charge in [0.1, 0.15) is 0 Å². The molecule has 1 aromatic carbocycles. The van der Waals surface area contributed by atoms with Gasteiger partial charge >= 0.3 is 6.03 Å². The van der Waals surface area contributed by atoms with Gasteiger partial charge in [-0.15, -0.1) is 0 Å². The van der Waals surface area contributed by atoms with Gasteiger partial charge in [-0.1, -0.05) is 0 Å². The van der Waals surface area contributed by atoms with Gasteiger partial charge in [0.15, 0.2) is 0 Å². The van der Waals surface area contributed by atoms with Crippen LogP contribution in [0.1, 0.15) is 62.3 Å². The first kappa shape index (κ1) is 21.1. The van der Waals surface area contributed by atoms with Crippen molar-refractivity contribution in [1.29, 1.82) is 0 Å². The lowest BCUT2D eigenvalue weighted by atomic mass is 9.98. The third kappa shape index (κ3) is 4.20. The number of carbonyl (C=O) groups is 1. The van der Waals surface area contributed by atoms with E-state index in [9.17, 15) is 13.2 Å². The van der Waals surface area contributed by atoms with Crippen molar-refractivity contribution in [3.8, 4) is 0 Å². The number of likely N-dealkylation sites (tertiary alicyclic amines) is 1. The summed E-state index contributed by atoms with van der Waals surface area (Å²) in [4.78, 5) is 14.5. The minimum absolute atomic E-state index is 0.0995. The van der Waals surface area contributed by atoms with Gasteiger partial charge in [-0.2, -0.15) is 0 Å². The van der Waals surface area contributed by atoms with E-state index in [1.807, 2.05) is 0 Å². The fourth-order valence-electron chi connectivity index (χ4n) is 4.09. The molecule has 1 aliphatic carbocycles. The molecular weight excluding hydrogens is 374 g/mol. The van der Waals surface area contributed by atoms with E-state index in [1.54, 1.807) is 25.7 Å². The summed E-state index contributed by atoms with van der Waals surface area (Å²) >= 11 is 0. The Labute approximate surface area is 169 Å². The molecular formula is C21H33N3O3S. The molecule has 156 valence electrons. The number of nitrogens with zero attached hydrogens (tertiary/aromatic N) is 1. The van der Waals surface area contributed by atoms with Gasteiger partial charge in [-0.3, -0.25) is 0 Å². The largest absolute Gasteiger partial charge is 0.324 e. The zero-order valence-electron chi connectivity index (χ0n) is 17.7. The molecule has 0 radical (unpaired) electrons. The van der Waals surface area contributed by atoms with Crippen molar-refractivity contribution in [3.05, 3.63) is 28.3 Å². The molecule has 2 amide bonds. The Morgan fingerprint density at radius 1 is 1.11 bits per heavy atom. The number of aryl methyl sites for hydroxylation is 1. The molecule has 0 saturated carbocycles. The molecule has 28 heavy (non-hydrogen) atoms. The smallest absolute Gasteiger partial charge is 0.321 e. The first-order valence-corrected chi connectivity index (χ1v) is 11.7. The number of anilines is 1. The van der Waals surface area contributed by atoms with E-state index in [1.165, 1.54) is 28.7 Å². The summed E-state index contributed by atoms with van der Waals surface area (Å²) < 4.78 is 26.6. The molecule has 0 unspecified atom stereocenters. The van der Waals surface area contributed by atoms with Gasteiger partial charge < -0.3 is 10.2 Å². The second-order valence-electron chi connectivity index (χ2n) is 9.10. The number of rotatable bonds is 3. The molecule has 0 spiro atoms. The number of urea groups is 1. The number of carbonyl (C=O) groups excluding carboxylic acids is 1. The molecule has 2 N–H and O–H groups in total. The number of fused-ring (bicyclic) bond motifs is 1. The number of sulfonamides is 1. The van der Waals surface area contributed by atoms with Crippen LogP contribution in [0.15, 0.2) is 6.07 Å². The number of hydrogen-bond acceptors (Lipinski definition) is 3. The van der Waals surface area contributed by atoms with Crippen LogP contribution in [0.2, 0.25) is 0 Å². The number of hydrogen-bond donors (Lipinski definition) is 2. The fourth-order valence-corrected chi connectivity index (χ4v) is 5.12. The van der Waals surface area contributed by atoms with Gasteiger partial charge in [-0.25, -0.2) is 17.9 Å². The van der Waals surface area contributed by atoms with Crippen LogP contribution in [-0.4, -0.2) is 43.2 Å². The molecule has 0 atom stereocenters. The van der Waals surface area contributed by atoms with Crippen molar-refractivity contribution < 1.29 is 13.2 Å². The van der Waals surface area contributed by atoms with E-state index in [0.29, 0.717) is 25.9 Å². The minimum atomic E-state index is -3.37. The second-order valence-corrected chi connectivity index (χ2v) is 11.6. The molecule has 1 aliphatic heterocycles. The molecule has 1 fully saturated rings. The number of piperidine rings is 1. The van der Waals surface area contributed by atoms with Crippen molar-refractivity contribution in [2.75, 3.05) is 18.4 Å². The molecule has 7 heteroatoms. The summed E-state index contributed by atoms with van der Waals surface area (Å²) in [6, 6.07) is 1.87. The van der Waals surface area contributed by atoms with E-state index >= 15 is 0 Å². The Morgan fingerprint density at radius 2 is 1.71 bits per heavy atom. The van der Waals surface area contributed by atoms with E-state index in [-0.39, 0.29) is 12.1 Å². The predicted molar refractivity (Wildman–Crippen MR) is 113 cm³/mol. The van der Waals surface area contributed by atoms with Crippen molar-refractivity contribution in [1.82, 2.24) is 9.62 Å². The fraction of sp³-hybridized carbons (Fsp3) is 0.667. The highest BCUT2D eigenvalue weighted by molar-refractivity contribution is 7.90. The number of benzene rings is 1. The molecule has 3 rings (SSSR count). The van der Waals surface area contributed by atoms with Crippen LogP contribution in [-0.2, 0) is 22.9 Å². The van der Waals surface area contributed by atoms with Crippen LogP contribution in [0.4, 0.5) is 10.5 Å². The molecule has 0 aromatic heterocycles. The molecule has 2 aliphatic rings. The Morgan fingerprint density at radius 3 is 2.32 bits per heavy atom. The highest BCUT2D eigenvalue weighted by Gasteiger charge is 2.33. The van der Waals surface area contributed by atoms with Crippen LogP contribution in [0.3, 0.4) is 0 Å². The third-order valence-corrected chi connectivity index (χ3v) is 8.32. The average molecular weight is 408 g/mol. The standard InChI is InChI=1S/C21H33N3O3S/c1-14-13-19(15(2)18-8-6-7-17(14)18)22-20(25)24-11-9-16(10-12-24)23-28(26,27)21(3,4)5/h13,16,23H,6-12H2,1-5H3,(H,22,25). The maximum atomic E-state index is 12.8. The Bertz CT molecular complexity index is 864. The maximum absolute atomic E-state index is 12.8. The molecule has 1 saturated heterocycles. The van der Waals surface area contributed by atoms with Crippen molar-refractivity contribution in [2.24, 2.45) is 0 Å². The lowest BCUT2D eigenvalue weighted by molar-refractivity contribution is 0.193. The van der Waals surface area contributed by atoms with Gasteiger partial charge in [0, 0.05) is 24.8 Å². The quantitative estimate of drug-likeness (QED) is 0.805. The maximum Gasteiger partial charge on any atom is 0.321 e. The third-order valence-electron chi connectivity index (χ3n) is 6.06. The summed E-state index contributed by atoms with van der Waals surface area (Å²) in [5.41, 5.74) is 6.18. The average Bonchev–Trinajstić information content (AvgIpc) is 3.09. The normalized spacial score (nSPS) is 18.2. The lowest BCUT2D eigenvalue weighted by Gasteiger charge is -2.34. The summed E-state index contributed by atoms with van der Waals surface area (Å²) in [5.74, 6) is 0. The van der Waals surface area contributed by atoms with E-state index in [4.69, 9.17) is 0 Å². The summed E-state index contributed by atoms with van der Waals surface area (Å²) in [5, 5.41) is 3.09. The van der Waals surface area contributed by atoms with Gasteiger partial charge in [0.2, 0.25) is 10.0 Å². The molecule has 1 aromatic rings. The van der Waals surface area contributed by atoms with Crippen LogP contribution >= 0.6 is 0 Å². The van der Waals surface area contributed by atoms with Crippen LogP contribution < -0.4 is 10.0 Å². The van der Waals surface area contributed by atoms with E-state index in [2.05, 4.69) is 30.0 Å². The number of amides is 2. The first-order chi connectivity index (χ1) is 13.0. The SMILES string of the molecule is Cc1cc(NC(=O)N2CCC(NS(=O)(=O)C(C)(C)C)CC2)c(C)c2c1CCC2. The van der Waals surface area contributed by atoms with Crippen LogP contribution in [0.25, 0.3) is 0 Å². The Kier molecular flexibility index (Phi) is 5.79.